The van der Waals surface area contributed by atoms with Crippen molar-refractivity contribution < 1.29 is 18.0 Å². The summed E-state index contributed by atoms with van der Waals surface area (Å²) < 4.78 is 37.2. The van der Waals surface area contributed by atoms with Gasteiger partial charge in [-0.05, 0) is 43.8 Å². The topological polar surface area (TPSA) is 51.4 Å². The maximum Gasteiger partial charge on any atom is 0.241 e. The molecule has 3 rings (SSSR count). The third-order valence-electron chi connectivity index (χ3n) is 3.74. The molecule has 0 radical (unpaired) electrons. The van der Waals surface area contributed by atoms with E-state index in [0.717, 1.165) is 11.6 Å². The molecular weight excluding hydrogens is 340 g/mol. The van der Waals surface area contributed by atoms with Gasteiger partial charge in [0.2, 0.25) is 11.7 Å². The Morgan fingerprint density at radius 3 is 2.65 bits per heavy atom. The first-order chi connectivity index (χ1) is 12.6. The highest BCUT2D eigenvalue weighted by atomic mass is 19.2. The molecule has 2 aromatic carbocycles. The summed E-state index contributed by atoms with van der Waals surface area (Å²) >= 11 is 0. The lowest BCUT2D eigenvalue weighted by Gasteiger charge is -2.14. The van der Waals surface area contributed by atoms with Crippen molar-refractivity contribution in [2.75, 3.05) is 13.7 Å². The molecule has 0 amide bonds. The Morgan fingerprint density at radius 1 is 1.08 bits per heavy atom. The van der Waals surface area contributed by atoms with E-state index in [2.05, 4.69) is 10.1 Å². The number of hydrogen-bond donors (Lipinski definition) is 0. The van der Waals surface area contributed by atoms with E-state index in [1.54, 1.807) is 6.07 Å². The summed E-state index contributed by atoms with van der Waals surface area (Å²) in [5.41, 5.74) is 1.42. The molecule has 5 nitrogen and oxygen atoms in total. The fraction of sp³-hybridized carbons (Fsp3) is 0.263. The van der Waals surface area contributed by atoms with Crippen molar-refractivity contribution in [3.63, 3.8) is 0 Å². The smallest absolute Gasteiger partial charge is 0.241 e. The number of hydrogen-bond acceptors (Lipinski definition) is 5. The van der Waals surface area contributed by atoms with Gasteiger partial charge in [-0.25, -0.2) is 8.78 Å². The molecule has 0 N–H and O–H groups in total. The first-order valence-electron chi connectivity index (χ1n) is 8.24. The fourth-order valence-electron chi connectivity index (χ4n) is 2.60. The van der Waals surface area contributed by atoms with Gasteiger partial charge in [0.25, 0.3) is 0 Å². The average molecular weight is 359 g/mol. The fourth-order valence-corrected chi connectivity index (χ4v) is 2.60. The molecule has 0 spiro atoms. The number of aromatic nitrogens is 2. The van der Waals surface area contributed by atoms with Crippen LogP contribution in [0.1, 0.15) is 18.4 Å². The van der Waals surface area contributed by atoms with E-state index >= 15 is 0 Å². The maximum absolute atomic E-state index is 13.3. The van der Waals surface area contributed by atoms with E-state index in [1.807, 2.05) is 43.1 Å². The lowest BCUT2D eigenvalue weighted by atomic mass is 10.2. The van der Waals surface area contributed by atoms with Gasteiger partial charge >= 0.3 is 0 Å². The molecule has 136 valence electrons. The summed E-state index contributed by atoms with van der Waals surface area (Å²) in [7, 11) is 1.83. The van der Waals surface area contributed by atoms with Gasteiger partial charge in [-0.3, -0.25) is 4.90 Å². The van der Waals surface area contributed by atoms with Crippen LogP contribution >= 0.6 is 0 Å². The molecule has 0 aliphatic rings. The molecule has 26 heavy (non-hydrogen) atoms. The zero-order valence-electron chi connectivity index (χ0n) is 14.6. The molecule has 0 aliphatic heterocycles. The molecule has 0 aliphatic carbocycles. The Labute approximate surface area is 150 Å². The van der Waals surface area contributed by atoms with Crippen molar-refractivity contribution in [2.24, 2.45) is 0 Å². The zero-order chi connectivity index (χ0) is 18.5. The second-order valence-electron chi connectivity index (χ2n) is 5.86. The largest absolute Gasteiger partial charge is 0.493 e. The monoisotopic (exact) mass is 359 g/mol. The molecule has 3 aromatic rings. The number of halogens is 2. The van der Waals surface area contributed by atoms with Crippen molar-refractivity contribution in [3.8, 4) is 17.1 Å². The second kappa shape index (κ2) is 8.05. The number of nitrogens with zero attached hydrogens (tertiary/aromatic N) is 3. The Balaban J connectivity index is 1.69. The molecule has 7 heteroatoms. The summed E-state index contributed by atoms with van der Waals surface area (Å²) in [5, 5.41) is 4.01. The Bertz CT molecular complexity index is 883. The molecule has 1 aromatic heterocycles. The van der Waals surface area contributed by atoms with Crippen molar-refractivity contribution in [1.29, 1.82) is 0 Å². The molecule has 0 fully saturated rings. The van der Waals surface area contributed by atoms with Gasteiger partial charge in [0.05, 0.1) is 18.7 Å². The average Bonchev–Trinajstić information content (AvgIpc) is 3.07. The van der Waals surface area contributed by atoms with Crippen molar-refractivity contribution in [3.05, 3.63) is 65.6 Å². The minimum absolute atomic E-state index is 0.378. The SMILES string of the molecule is CCOc1ccccc1-c1noc(CN(C)Cc2ccc(F)c(F)c2)n1. The summed E-state index contributed by atoms with van der Waals surface area (Å²) in [6, 6.07) is 11.3. The number of para-hydroxylation sites is 1. The van der Waals surface area contributed by atoms with Crippen molar-refractivity contribution in [2.45, 2.75) is 20.0 Å². The molecule has 0 bridgehead atoms. The van der Waals surface area contributed by atoms with E-state index in [9.17, 15) is 8.78 Å². The van der Waals surface area contributed by atoms with Crippen LogP contribution in [0.25, 0.3) is 11.4 Å². The molecule has 0 saturated heterocycles. The predicted octanol–water partition coefficient (Wildman–Crippen LogP) is 4.05. The van der Waals surface area contributed by atoms with Crippen LogP contribution in [-0.4, -0.2) is 28.7 Å². The van der Waals surface area contributed by atoms with Gasteiger partial charge in [-0.2, -0.15) is 4.98 Å². The molecule has 0 atom stereocenters. The standard InChI is InChI=1S/C19H19F2N3O2/c1-3-25-17-7-5-4-6-14(17)19-22-18(26-23-19)12-24(2)11-13-8-9-15(20)16(21)10-13/h4-10H,3,11-12H2,1-2H3. The summed E-state index contributed by atoms with van der Waals surface area (Å²) in [6.07, 6.45) is 0. The van der Waals surface area contributed by atoms with Crippen LogP contribution in [0.5, 0.6) is 5.75 Å². The van der Waals surface area contributed by atoms with Crippen LogP contribution in [0.2, 0.25) is 0 Å². The lowest BCUT2D eigenvalue weighted by molar-refractivity contribution is 0.260. The van der Waals surface area contributed by atoms with E-state index in [-0.39, 0.29) is 0 Å². The molecule has 0 unspecified atom stereocenters. The van der Waals surface area contributed by atoms with Crippen molar-refractivity contribution in [1.82, 2.24) is 15.0 Å². The summed E-state index contributed by atoms with van der Waals surface area (Å²) in [5.74, 6) is -0.145. The minimum atomic E-state index is -0.858. The lowest BCUT2D eigenvalue weighted by Crippen LogP contribution is -2.17. The summed E-state index contributed by atoms with van der Waals surface area (Å²) in [6.45, 7) is 3.25. The van der Waals surface area contributed by atoms with Crippen LogP contribution < -0.4 is 4.74 Å². The maximum atomic E-state index is 13.3. The first kappa shape index (κ1) is 18.0. The summed E-state index contributed by atoms with van der Waals surface area (Å²) in [4.78, 5) is 6.28. The van der Waals surface area contributed by atoms with Crippen LogP contribution in [0.3, 0.4) is 0 Å². The van der Waals surface area contributed by atoms with Gasteiger partial charge < -0.3 is 9.26 Å². The molecule has 1 heterocycles. The second-order valence-corrected chi connectivity index (χ2v) is 5.86. The highest BCUT2D eigenvalue weighted by molar-refractivity contribution is 5.63. The third-order valence-corrected chi connectivity index (χ3v) is 3.74. The van der Waals surface area contributed by atoms with Crippen molar-refractivity contribution >= 4 is 0 Å². The van der Waals surface area contributed by atoms with E-state index < -0.39 is 11.6 Å². The Morgan fingerprint density at radius 2 is 1.88 bits per heavy atom. The van der Waals surface area contributed by atoms with Gasteiger partial charge in [0.1, 0.15) is 5.75 Å². The zero-order valence-corrected chi connectivity index (χ0v) is 14.6. The Hall–Kier alpha value is -2.80. The van der Waals surface area contributed by atoms with Crippen LogP contribution in [-0.2, 0) is 13.1 Å². The predicted molar refractivity (Wildman–Crippen MR) is 92.4 cm³/mol. The number of ether oxygens (including phenoxy) is 1. The quantitative estimate of drug-likeness (QED) is 0.637. The normalized spacial score (nSPS) is 11.1. The van der Waals surface area contributed by atoms with Crippen LogP contribution in [0, 0.1) is 11.6 Å². The Kier molecular flexibility index (Phi) is 5.58. The highest BCUT2D eigenvalue weighted by Crippen LogP contribution is 2.27. The van der Waals surface area contributed by atoms with Gasteiger partial charge in [-0.15, -0.1) is 0 Å². The highest BCUT2D eigenvalue weighted by Gasteiger charge is 2.15. The third kappa shape index (κ3) is 4.23. The van der Waals surface area contributed by atoms with Crippen LogP contribution in [0.4, 0.5) is 8.78 Å². The number of rotatable bonds is 7. The molecule has 0 saturated carbocycles. The van der Waals surface area contributed by atoms with Gasteiger partial charge in [0, 0.05) is 6.54 Å². The van der Waals surface area contributed by atoms with Crippen LogP contribution in [0.15, 0.2) is 47.0 Å². The van der Waals surface area contributed by atoms with E-state index in [0.29, 0.717) is 42.7 Å². The number of benzene rings is 2. The van der Waals surface area contributed by atoms with Gasteiger partial charge in [0.15, 0.2) is 11.6 Å². The minimum Gasteiger partial charge on any atom is -0.493 e. The van der Waals surface area contributed by atoms with E-state index in [4.69, 9.17) is 9.26 Å². The van der Waals surface area contributed by atoms with Gasteiger partial charge in [-0.1, -0.05) is 23.4 Å². The molecular formula is C19H19F2N3O2. The van der Waals surface area contributed by atoms with E-state index in [1.165, 1.54) is 6.07 Å². The first-order valence-corrected chi connectivity index (χ1v) is 8.24.